The number of carbonyl (C=O) groups is 2. The third-order valence-electron chi connectivity index (χ3n) is 5.86. The monoisotopic (exact) mass is 462 g/mol. The molecule has 2 unspecified atom stereocenters. The van der Waals surface area contributed by atoms with Crippen LogP contribution in [0.3, 0.4) is 0 Å². The molecule has 1 aliphatic heterocycles. The number of hydrogen-bond acceptors (Lipinski definition) is 7. The van der Waals surface area contributed by atoms with Crippen LogP contribution in [-0.4, -0.2) is 67.9 Å². The molecule has 0 bridgehead atoms. The van der Waals surface area contributed by atoms with Crippen LogP contribution in [0.15, 0.2) is 30.3 Å². The maximum atomic E-state index is 11.9. The molecule has 0 aromatic heterocycles. The topological polar surface area (TPSA) is 77.1 Å². The molecule has 1 aliphatic rings. The average Bonchev–Trinajstić information content (AvgIpc) is 2.79. The molecule has 7 heteroatoms. The normalized spacial score (nSPS) is 17.4. The van der Waals surface area contributed by atoms with E-state index in [9.17, 15) is 9.59 Å². The summed E-state index contributed by atoms with van der Waals surface area (Å²) in [4.78, 5) is 26.3. The van der Waals surface area contributed by atoms with Crippen LogP contribution < -0.4 is 5.32 Å². The number of nitrogens with zero attached hydrogens (tertiary/aromatic N) is 1. The lowest BCUT2D eigenvalue weighted by molar-refractivity contribution is -0.153. The van der Waals surface area contributed by atoms with Gasteiger partial charge in [0.2, 0.25) is 0 Å². The fraction of sp³-hybridized carbons (Fsp3) is 0.692. The van der Waals surface area contributed by atoms with Gasteiger partial charge < -0.3 is 24.4 Å². The number of rotatable bonds is 12. The minimum absolute atomic E-state index is 0.0117. The molecule has 1 aromatic carbocycles. The van der Waals surface area contributed by atoms with Crippen molar-refractivity contribution in [1.82, 2.24) is 10.2 Å². The van der Waals surface area contributed by atoms with E-state index in [4.69, 9.17) is 14.2 Å². The fourth-order valence-electron chi connectivity index (χ4n) is 4.04. The average molecular weight is 463 g/mol. The molecule has 0 saturated carbocycles. The Morgan fingerprint density at radius 2 is 1.82 bits per heavy atom. The van der Waals surface area contributed by atoms with Crippen LogP contribution in [0.1, 0.15) is 58.9 Å². The van der Waals surface area contributed by atoms with Gasteiger partial charge in [-0.05, 0) is 65.1 Å². The van der Waals surface area contributed by atoms with Crippen molar-refractivity contribution in [3.8, 4) is 0 Å². The van der Waals surface area contributed by atoms with Gasteiger partial charge in [-0.2, -0.15) is 0 Å². The number of carbonyl (C=O) groups excluding carboxylic acids is 2. The Morgan fingerprint density at radius 3 is 2.42 bits per heavy atom. The lowest BCUT2D eigenvalue weighted by Crippen LogP contribution is -2.45. The SMILES string of the molecule is COC(=O)C(C)CC(CCN1CCC(NCC(=O)OC(C)(C)C)CC1)OCc1ccccc1. The van der Waals surface area contributed by atoms with Crippen LogP contribution >= 0.6 is 0 Å². The third kappa shape index (κ3) is 11.1. The Labute approximate surface area is 199 Å². The minimum Gasteiger partial charge on any atom is -0.469 e. The van der Waals surface area contributed by atoms with E-state index in [1.807, 2.05) is 45.9 Å². The number of likely N-dealkylation sites (tertiary alicyclic amines) is 1. The van der Waals surface area contributed by atoms with Crippen LogP contribution in [0.5, 0.6) is 0 Å². The zero-order valence-corrected chi connectivity index (χ0v) is 21.0. The molecule has 0 aliphatic carbocycles. The largest absolute Gasteiger partial charge is 0.469 e. The molecule has 1 saturated heterocycles. The Bertz CT molecular complexity index is 711. The van der Waals surface area contributed by atoms with Gasteiger partial charge >= 0.3 is 11.9 Å². The van der Waals surface area contributed by atoms with Crippen molar-refractivity contribution in [2.24, 2.45) is 5.92 Å². The third-order valence-corrected chi connectivity index (χ3v) is 5.86. The van der Waals surface area contributed by atoms with Gasteiger partial charge in [0.15, 0.2) is 0 Å². The molecule has 1 heterocycles. The number of esters is 2. The van der Waals surface area contributed by atoms with Crippen molar-refractivity contribution >= 4 is 11.9 Å². The molecule has 2 rings (SSSR count). The summed E-state index contributed by atoms with van der Waals surface area (Å²) in [5, 5.41) is 3.34. The summed E-state index contributed by atoms with van der Waals surface area (Å²) in [5.41, 5.74) is 0.678. The Hall–Kier alpha value is -1.96. The highest BCUT2D eigenvalue weighted by atomic mass is 16.6. The van der Waals surface area contributed by atoms with Crippen molar-refractivity contribution in [1.29, 1.82) is 0 Å². The molecule has 0 spiro atoms. The summed E-state index contributed by atoms with van der Waals surface area (Å²) in [5.74, 6) is -0.596. The van der Waals surface area contributed by atoms with E-state index in [0.717, 1.165) is 44.5 Å². The molecule has 2 atom stereocenters. The number of benzene rings is 1. The second-order valence-corrected chi connectivity index (χ2v) is 9.95. The van der Waals surface area contributed by atoms with Gasteiger partial charge in [0.1, 0.15) is 5.60 Å². The zero-order valence-electron chi connectivity index (χ0n) is 21.0. The smallest absolute Gasteiger partial charge is 0.320 e. The maximum Gasteiger partial charge on any atom is 0.320 e. The summed E-state index contributed by atoms with van der Waals surface area (Å²) >= 11 is 0. The summed E-state index contributed by atoms with van der Waals surface area (Å²) in [7, 11) is 1.43. The molecular formula is C26H42N2O5. The fourth-order valence-corrected chi connectivity index (χ4v) is 4.04. The minimum atomic E-state index is -0.452. The van der Waals surface area contributed by atoms with Crippen LogP contribution in [-0.2, 0) is 30.4 Å². The predicted octanol–water partition coefficient (Wildman–Crippen LogP) is 3.56. The lowest BCUT2D eigenvalue weighted by Gasteiger charge is -2.33. The van der Waals surface area contributed by atoms with Gasteiger partial charge in [0.05, 0.1) is 32.3 Å². The van der Waals surface area contributed by atoms with E-state index >= 15 is 0 Å². The van der Waals surface area contributed by atoms with Gasteiger partial charge in [0, 0.05) is 12.6 Å². The van der Waals surface area contributed by atoms with Crippen molar-refractivity contribution in [2.75, 3.05) is 33.3 Å². The van der Waals surface area contributed by atoms with Crippen LogP contribution in [0.25, 0.3) is 0 Å². The number of nitrogens with one attached hydrogen (secondary N) is 1. The summed E-state index contributed by atoms with van der Waals surface area (Å²) in [6, 6.07) is 10.4. The number of hydrogen-bond donors (Lipinski definition) is 1. The first-order valence-electron chi connectivity index (χ1n) is 12.1. The summed E-state index contributed by atoms with van der Waals surface area (Å²) < 4.78 is 16.5. The van der Waals surface area contributed by atoms with Crippen molar-refractivity contribution in [3.05, 3.63) is 35.9 Å². The predicted molar refractivity (Wildman–Crippen MR) is 129 cm³/mol. The van der Waals surface area contributed by atoms with Gasteiger partial charge in [-0.25, -0.2) is 0 Å². The summed E-state index contributed by atoms with van der Waals surface area (Å²) in [6.45, 7) is 11.2. The standard InChI is InChI=1S/C26H42N2O5/c1-20(25(30)31-5)17-23(32-19-21-9-7-6-8-10-21)13-16-28-14-11-22(12-15-28)27-18-24(29)33-26(2,3)4/h6-10,20,22-23,27H,11-19H2,1-5H3. The van der Waals surface area contributed by atoms with Crippen molar-refractivity contribution in [3.63, 3.8) is 0 Å². The molecule has 1 aromatic rings. The van der Waals surface area contributed by atoms with E-state index in [1.165, 1.54) is 7.11 Å². The van der Waals surface area contributed by atoms with Crippen molar-refractivity contribution in [2.45, 2.75) is 77.7 Å². The molecule has 33 heavy (non-hydrogen) atoms. The molecule has 0 radical (unpaired) electrons. The van der Waals surface area contributed by atoms with Gasteiger partial charge in [-0.1, -0.05) is 37.3 Å². The Kier molecular flexibility index (Phi) is 11.3. The summed E-state index contributed by atoms with van der Waals surface area (Å²) in [6.07, 6.45) is 3.49. The number of piperidine rings is 1. The van der Waals surface area contributed by atoms with Gasteiger partial charge in [0.25, 0.3) is 0 Å². The lowest BCUT2D eigenvalue weighted by atomic mass is 10.00. The quantitative estimate of drug-likeness (QED) is 0.476. The maximum absolute atomic E-state index is 11.9. The first-order valence-corrected chi connectivity index (χ1v) is 12.1. The van der Waals surface area contributed by atoms with Gasteiger partial charge in [-0.15, -0.1) is 0 Å². The van der Waals surface area contributed by atoms with E-state index in [2.05, 4.69) is 22.3 Å². The van der Waals surface area contributed by atoms with Crippen LogP contribution in [0, 0.1) is 5.92 Å². The highest BCUT2D eigenvalue weighted by molar-refractivity contribution is 5.72. The Balaban J connectivity index is 1.76. The second kappa shape index (κ2) is 13.7. The van der Waals surface area contributed by atoms with Crippen LogP contribution in [0.2, 0.25) is 0 Å². The van der Waals surface area contributed by atoms with E-state index < -0.39 is 5.60 Å². The first-order chi connectivity index (χ1) is 15.7. The van der Waals surface area contributed by atoms with Gasteiger partial charge in [-0.3, -0.25) is 9.59 Å². The molecule has 186 valence electrons. The van der Waals surface area contributed by atoms with Crippen molar-refractivity contribution < 1.29 is 23.8 Å². The number of methoxy groups -OCH3 is 1. The highest BCUT2D eigenvalue weighted by Crippen LogP contribution is 2.18. The number of ether oxygens (including phenoxy) is 3. The zero-order chi connectivity index (χ0) is 24.3. The first kappa shape index (κ1) is 27.3. The highest BCUT2D eigenvalue weighted by Gasteiger charge is 2.24. The molecule has 1 N–H and O–H groups in total. The van der Waals surface area contributed by atoms with Crippen LogP contribution in [0.4, 0.5) is 0 Å². The molecule has 1 fully saturated rings. The molecular weight excluding hydrogens is 420 g/mol. The molecule has 0 amide bonds. The Morgan fingerprint density at radius 1 is 1.15 bits per heavy atom. The van der Waals surface area contributed by atoms with E-state index in [-0.39, 0.29) is 30.5 Å². The van der Waals surface area contributed by atoms with E-state index in [0.29, 0.717) is 19.1 Å². The second-order valence-electron chi connectivity index (χ2n) is 9.95. The van der Waals surface area contributed by atoms with E-state index in [1.54, 1.807) is 0 Å². The molecule has 7 nitrogen and oxygen atoms in total.